The number of halogens is 2. The second-order valence-electron chi connectivity index (χ2n) is 6.58. The fraction of sp³-hybridized carbons (Fsp3) is 0.556. The summed E-state index contributed by atoms with van der Waals surface area (Å²) in [5.41, 5.74) is 0.341. The molecule has 1 aromatic rings. The number of alkyl carbamates (subject to hydrolysis) is 1. The molecular formula is C18H30FIN4O3. The molecule has 1 unspecified atom stereocenters. The zero-order valence-electron chi connectivity index (χ0n) is 16.5. The highest BCUT2D eigenvalue weighted by Crippen LogP contribution is 2.16. The molecule has 0 radical (unpaired) electrons. The van der Waals surface area contributed by atoms with E-state index < -0.39 is 11.7 Å². The Bertz CT molecular complexity index is 591. The molecule has 0 fully saturated rings. The monoisotopic (exact) mass is 496 g/mol. The van der Waals surface area contributed by atoms with Crippen LogP contribution in [0, 0.1) is 5.82 Å². The maximum Gasteiger partial charge on any atom is 0.407 e. The second kappa shape index (κ2) is 12.7. The molecule has 9 heteroatoms. The minimum absolute atomic E-state index is 0. The summed E-state index contributed by atoms with van der Waals surface area (Å²) < 4.78 is 23.6. The first-order valence-corrected chi connectivity index (χ1v) is 8.45. The molecule has 0 saturated heterocycles. The Kier molecular flexibility index (Phi) is 11.9. The van der Waals surface area contributed by atoms with E-state index in [4.69, 9.17) is 9.47 Å². The van der Waals surface area contributed by atoms with E-state index in [1.807, 2.05) is 20.8 Å². The minimum atomic E-state index is -0.523. The summed E-state index contributed by atoms with van der Waals surface area (Å²) in [5.74, 6) is 0.284. The Morgan fingerprint density at radius 2 is 1.74 bits per heavy atom. The van der Waals surface area contributed by atoms with Crippen LogP contribution in [-0.2, 0) is 9.47 Å². The van der Waals surface area contributed by atoms with Crippen molar-refractivity contribution in [1.82, 2.24) is 16.0 Å². The predicted molar refractivity (Wildman–Crippen MR) is 115 cm³/mol. The number of nitrogens with one attached hydrogen (secondary N) is 3. The lowest BCUT2D eigenvalue weighted by Gasteiger charge is -2.20. The molecule has 3 N–H and O–H groups in total. The topological polar surface area (TPSA) is 84.0 Å². The van der Waals surface area contributed by atoms with Crippen LogP contribution in [-0.4, -0.2) is 51.4 Å². The van der Waals surface area contributed by atoms with Gasteiger partial charge in [0.05, 0.1) is 6.10 Å². The zero-order valence-corrected chi connectivity index (χ0v) is 18.8. The van der Waals surface area contributed by atoms with E-state index in [1.165, 1.54) is 12.1 Å². The zero-order chi connectivity index (χ0) is 19.6. The van der Waals surface area contributed by atoms with Crippen LogP contribution in [0.1, 0.15) is 32.4 Å². The van der Waals surface area contributed by atoms with Crippen LogP contribution in [0.5, 0.6) is 0 Å². The van der Waals surface area contributed by atoms with Gasteiger partial charge in [0.2, 0.25) is 0 Å². The lowest BCUT2D eigenvalue weighted by molar-refractivity contribution is 0.0529. The number of aliphatic imine (C=N–C) groups is 1. The van der Waals surface area contributed by atoms with Crippen molar-refractivity contribution in [2.45, 2.75) is 32.5 Å². The van der Waals surface area contributed by atoms with Crippen LogP contribution < -0.4 is 16.0 Å². The fourth-order valence-corrected chi connectivity index (χ4v) is 2.08. The first-order valence-electron chi connectivity index (χ1n) is 8.45. The molecule has 27 heavy (non-hydrogen) atoms. The van der Waals surface area contributed by atoms with Crippen LogP contribution in [0.2, 0.25) is 0 Å². The lowest BCUT2D eigenvalue weighted by Crippen LogP contribution is -2.43. The summed E-state index contributed by atoms with van der Waals surface area (Å²) in [5, 5.41) is 8.88. The second-order valence-corrected chi connectivity index (χ2v) is 6.58. The van der Waals surface area contributed by atoms with Crippen LogP contribution in [0.25, 0.3) is 0 Å². The molecule has 7 nitrogen and oxygen atoms in total. The van der Waals surface area contributed by atoms with Gasteiger partial charge in [0.25, 0.3) is 0 Å². The molecular weight excluding hydrogens is 466 g/mol. The molecule has 1 amide bonds. The number of ether oxygens (including phenoxy) is 2. The van der Waals surface area contributed by atoms with Crippen molar-refractivity contribution >= 4 is 36.0 Å². The quantitative estimate of drug-likeness (QED) is 0.234. The van der Waals surface area contributed by atoms with Gasteiger partial charge in [-0.2, -0.15) is 0 Å². The lowest BCUT2D eigenvalue weighted by atomic mass is 10.1. The maximum atomic E-state index is 13.0. The normalized spacial score (nSPS) is 12.6. The Balaban J connectivity index is 0.00000676. The Morgan fingerprint density at radius 1 is 1.15 bits per heavy atom. The highest BCUT2D eigenvalue weighted by Gasteiger charge is 2.15. The highest BCUT2D eigenvalue weighted by atomic mass is 127. The largest absolute Gasteiger partial charge is 0.444 e. The number of hydrogen-bond acceptors (Lipinski definition) is 4. The van der Waals surface area contributed by atoms with Crippen molar-refractivity contribution in [3.63, 3.8) is 0 Å². The van der Waals surface area contributed by atoms with E-state index in [0.29, 0.717) is 25.6 Å². The van der Waals surface area contributed by atoms with Crippen LogP contribution in [0.3, 0.4) is 0 Å². The van der Waals surface area contributed by atoms with Gasteiger partial charge in [-0.3, -0.25) is 4.99 Å². The highest BCUT2D eigenvalue weighted by molar-refractivity contribution is 14.0. The molecule has 0 saturated carbocycles. The first-order chi connectivity index (χ1) is 12.2. The van der Waals surface area contributed by atoms with E-state index in [0.717, 1.165) is 5.56 Å². The number of carbonyl (C=O) groups excluding carboxylic acids is 1. The molecule has 0 aromatic heterocycles. The van der Waals surface area contributed by atoms with E-state index >= 15 is 0 Å². The molecule has 1 aromatic carbocycles. The third kappa shape index (κ3) is 11.0. The van der Waals surface area contributed by atoms with Crippen LogP contribution in [0.4, 0.5) is 9.18 Å². The van der Waals surface area contributed by atoms with Crippen LogP contribution >= 0.6 is 24.0 Å². The molecule has 154 valence electrons. The number of nitrogens with zero attached hydrogens (tertiary/aromatic N) is 1. The van der Waals surface area contributed by atoms with Crippen molar-refractivity contribution in [2.75, 3.05) is 33.8 Å². The van der Waals surface area contributed by atoms with Crippen LogP contribution in [0.15, 0.2) is 29.3 Å². The number of hydrogen-bond donors (Lipinski definition) is 3. The molecule has 0 heterocycles. The summed E-state index contributed by atoms with van der Waals surface area (Å²) in [6, 6.07) is 6.17. The molecule has 1 atom stereocenters. The summed E-state index contributed by atoms with van der Waals surface area (Å²) in [4.78, 5) is 15.7. The third-order valence-corrected chi connectivity index (χ3v) is 3.29. The number of benzene rings is 1. The Labute approximate surface area is 177 Å². The summed E-state index contributed by atoms with van der Waals surface area (Å²) in [6.45, 7) is 6.76. The number of guanidine groups is 1. The van der Waals surface area contributed by atoms with Crippen molar-refractivity contribution < 1.29 is 18.7 Å². The smallest absolute Gasteiger partial charge is 0.407 e. The van der Waals surface area contributed by atoms with Crippen molar-refractivity contribution in [2.24, 2.45) is 4.99 Å². The Morgan fingerprint density at radius 3 is 2.26 bits per heavy atom. The molecule has 0 bridgehead atoms. The SMILES string of the molecule is CN=C(NCCNC(=O)OC(C)(C)C)NCC(OC)c1ccc(F)cc1.I. The van der Waals surface area contributed by atoms with E-state index in [-0.39, 0.29) is 35.9 Å². The average molecular weight is 496 g/mol. The van der Waals surface area contributed by atoms with Crippen molar-refractivity contribution in [1.29, 1.82) is 0 Å². The van der Waals surface area contributed by atoms with Gasteiger partial charge in [-0.25, -0.2) is 9.18 Å². The van der Waals surface area contributed by atoms with Gasteiger partial charge in [0.15, 0.2) is 5.96 Å². The fourth-order valence-electron chi connectivity index (χ4n) is 2.08. The van der Waals surface area contributed by atoms with Gasteiger partial charge >= 0.3 is 6.09 Å². The van der Waals surface area contributed by atoms with Gasteiger partial charge in [-0.1, -0.05) is 12.1 Å². The average Bonchev–Trinajstić information content (AvgIpc) is 2.57. The number of amides is 1. The number of carbonyl (C=O) groups is 1. The third-order valence-electron chi connectivity index (χ3n) is 3.29. The van der Waals surface area contributed by atoms with Gasteiger partial charge in [0, 0.05) is 33.8 Å². The first kappa shape index (κ1) is 25.4. The van der Waals surface area contributed by atoms with Gasteiger partial charge in [-0.05, 0) is 38.5 Å². The molecule has 0 aliphatic heterocycles. The van der Waals surface area contributed by atoms with Gasteiger partial charge in [0.1, 0.15) is 11.4 Å². The summed E-state index contributed by atoms with van der Waals surface area (Å²) in [6.07, 6.45) is -0.702. The molecule has 0 aliphatic carbocycles. The molecule has 0 aliphatic rings. The van der Waals surface area contributed by atoms with Gasteiger partial charge < -0.3 is 25.4 Å². The van der Waals surface area contributed by atoms with E-state index in [9.17, 15) is 9.18 Å². The summed E-state index contributed by atoms with van der Waals surface area (Å²) in [7, 11) is 3.24. The Hall–Kier alpha value is -1.62. The molecule has 1 rings (SSSR count). The minimum Gasteiger partial charge on any atom is -0.444 e. The molecule has 0 spiro atoms. The summed E-state index contributed by atoms with van der Waals surface area (Å²) >= 11 is 0. The number of rotatable bonds is 7. The predicted octanol–water partition coefficient (Wildman–Crippen LogP) is 2.82. The van der Waals surface area contributed by atoms with E-state index in [1.54, 1.807) is 26.3 Å². The number of methoxy groups -OCH3 is 1. The van der Waals surface area contributed by atoms with Crippen molar-refractivity contribution in [3.05, 3.63) is 35.6 Å². The van der Waals surface area contributed by atoms with Gasteiger partial charge in [-0.15, -0.1) is 24.0 Å². The maximum absolute atomic E-state index is 13.0. The standard InChI is InChI=1S/C18H29FN4O3.HI/c1-18(2,3)26-17(24)22-11-10-21-16(20-4)23-12-15(25-5)13-6-8-14(19)9-7-13;/h6-9,15H,10-12H2,1-5H3,(H,22,24)(H2,20,21,23);1H. The van der Waals surface area contributed by atoms with Crippen molar-refractivity contribution in [3.8, 4) is 0 Å². The van der Waals surface area contributed by atoms with E-state index in [2.05, 4.69) is 20.9 Å².